The number of nitrogens with zero attached hydrogens (tertiary/aromatic N) is 4. The van der Waals surface area contributed by atoms with E-state index >= 15 is 0 Å². The molecule has 0 aliphatic rings. The predicted octanol–water partition coefficient (Wildman–Crippen LogP) is 2.61. The Balaban J connectivity index is 1.77. The minimum Gasteiger partial charge on any atom is -0.302 e. The van der Waals surface area contributed by atoms with Crippen molar-refractivity contribution in [1.82, 2.24) is 20.0 Å². The molecule has 0 unspecified atom stereocenters. The minimum atomic E-state index is -0.804. The van der Waals surface area contributed by atoms with Crippen LogP contribution in [0.2, 0.25) is 5.02 Å². The summed E-state index contributed by atoms with van der Waals surface area (Å²) in [5.74, 6) is -1.16. The van der Waals surface area contributed by atoms with Crippen LogP contribution in [0, 0.1) is 15.9 Å². The highest BCUT2D eigenvalue weighted by Crippen LogP contribution is 2.22. The van der Waals surface area contributed by atoms with Crippen LogP contribution >= 0.6 is 11.6 Å². The van der Waals surface area contributed by atoms with Gasteiger partial charge in [-0.3, -0.25) is 24.7 Å². The van der Waals surface area contributed by atoms with Crippen LogP contribution in [0.1, 0.15) is 16.1 Å². The number of nitrogens with one attached hydrogen (secondary N) is 2. The Hall–Kier alpha value is -3.27. The van der Waals surface area contributed by atoms with Gasteiger partial charge < -0.3 is 5.32 Å². The van der Waals surface area contributed by atoms with Gasteiger partial charge in [0.2, 0.25) is 5.69 Å². The zero-order chi connectivity index (χ0) is 18.0. The first-order chi connectivity index (χ1) is 11.9. The Kier molecular flexibility index (Phi) is 4.44. The average Bonchev–Trinajstić information content (AvgIpc) is 3.15. The van der Waals surface area contributed by atoms with Gasteiger partial charge >= 0.3 is 5.69 Å². The first-order valence-electron chi connectivity index (χ1n) is 6.90. The van der Waals surface area contributed by atoms with Crippen LogP contribution < -0.4 is 5.32 Å². The van der Waals surface area contributed by atoms with Crippen molar-refractivity contribution in [2.75, 3.05) is 5.32 Å². The number of H-pyrrole nitrogens is 1. The molecule has 0 saturated carbocycles. The summed E-state index contributed by atoms with van der Waals surface area (Å²) in [6, 6.07) is 5.95. The lowest BCUT2D eigenvalue weighted by Crippen LogP contribution is -2.15. The number of carbonyl (C=O) groups excluding carboxylic acids is 1. The number of hydrogen-bond acceptors (Lipinski definition) is 5. The third kappa shape index (κ3) is 3.63. The number of aromatic amines is 1. The van der Waals surface area contributed by atoms with Crippen molar-refractivity contribution in [3.63, 3.8) is 0 Å². The van der Waals surface area contributed by atoms with Gasteiger partial charge in [-0.2, -0.15) is 10.2 Å². The smallest absolute Gasteiger partial charge is 0.302 e. The Bertz CT molecular complexity index is 954. The lowest BCUT2D eigenvalue weighted by Gasteiger charge is -2.02. The van der Waals surface area contributed by atoms with E-state index in [0.717, 1.165) is 6.20 Å². The van der Waals surface area contributed by atoms with E-state index in [2.05, 4.69) is 20.6 Å². The van der Waals surface area contributed by atoms with E-state index in [9.17, 15) is 19.3 Å². The molecule has 0 bridgehead atoms. The van der Waals surface area contributed by atoms with Gasteiger partial charge in [-0.1, -0.05) is 23.7 Å². The molecule has 3 rings (SSSR count). The molecular formula is C14H10ClFN6O3. The first kappa shape index (κ1) is 16.6. The molecule has 0 spiro atoms. The molecule has 2 aromatic heterocycles. The lowest BCUT2D eigenvalue weighted by atomic mass is 10.2. The van der Waals surface area contributed by atoms with Gasteiger partial charge in [-0.25, -0.2) is 4.39 Å². The molecule has 11 heteroatoms. The van der Waals surface area contributed by atoms with Gasteiger partial charge in [0.15, 0.2) is 5.82 Å². The van der Waals surface area contributed by atoms with Crippen molar-refractivity contribution < 1.29 is 14.1 Å². The van der Waals surface area contributed by atoms with E-state index in [1.807, 2.05) is 0 Å². The number of aromatic nitrogens is 4. The molecule has 0 aliphatic carbocycles. The molecule has 25 heavy (non-hydrogen) atoms. The fraction of sp³-hybridized carbons (Fsp3) is 0.0714. The van der Waals surface area contributed by atoms with E-state index in [1.54, 1.807) is 12.1 Å². The maximum atomic E-state index is 13.2. The molecule has 2 heterocycles. The Morgan fingerprint density at radius 2 is 2.28 bits per heavy atom. The number of hydrogen-bond donors (Lipinski definition) is 2. The summed E-state index contributed by atoms with van der Waals surface area (Å²) in [5, 5.41) is 23.2. The second-order valence-corrected chi connectivity index (χ2v) is 5.40. The molecule has 3 aromatic rings. The van der Waals surface area contributed by atoms with Gasteiger partial charge in [0, 0.05) is 6.20 Å². The van der Waals surface area contributed by atoms with Crippen molar-refractivity contribution in [3.8, 4) is 0 Å². The van der Waals surface area contributed by atoms with Gasteiger partial charge in [0.05, 0.1) is 11.5 Å². The number of nitro groups is 1. The average molecular weight is 365 g/mol. The normalized spacial score (nSPS) is 10.6. The van der Waals surface area contributed by atoms with Crippen molar-refractivity contribution in [2.45, 2.75) is 6.54 Å². The van der Waals surface area contributed by atoms with Crippen molar-refractivity contribution >= 4 is 29.0 Å². The zero-order valence-electron chi connectivity index (χ0n) is 12.4. The standard InChI is InChI=1S/C14H10ClFN6O3/c15-10-7-21(6-8-2-1-3-9(16)4-8)20-13(10)18-14(23)12-11(22(24)25)5-17-19-12/h1-5,7H,6H2,(H,17,19)(H,18,20,23). The third-order valence-corrected chi connectivity index (χ3v) is 3.50. The van der Waals surface area contributed by atoms with Crippen LogP contribution in [0.15, 0.2) is 36.7 Å². The summed E-state index contributed by atoms with van der Waals surface area (Å²) < 4.78 is 14.6. The number of rotatable bonds is 5. The van der Waals surface area contributed by atoms with Gasteiger partial charge in [0.25, 0.3) is 5.91 Å². The maximum absolute atomic E-state index is 13.2. The largest absolute Gasteiger partial charge is 0.319 e. The molecule has 9 nitrogen and oxygen atoms in total. The van der Waals surface area contributed by atoms with Crippen LogP contribution in [-0.4, -0.2) is 30.8 Å². The molecule has 0 atom stereocenters. The molecule has 0 saturated heterocycles. The van der Waals surface area contributed by atoms with Crippen molar-refractivity contribution in [2.24, 2.45) is 0 Å². The maximum Gasteiger partial charge on any atom is 0.319 e. The second kappa shape index (κ2) is 6.69. The summed E-state index contributed by atoms with van der Waals surface area (Å²) in [6.07, 6.45) is 2.38. The molecular weight excluding hydrogens is 355 g/mol. The van der Waals surface area contributed by atoms with Crippen molar-refractivity contribution in [1.29, 1.82) is 0 Å². The third-order valence-electron chi connectivity index (χ3n) is 3.23. The van der Waals surface area contributed by atoms with Crippen LogP contribution in [0.3, 0.4) is 0 Å². The molecule has 128 valence electrons. The molecule has 0 aliphatic heterocycles. The highest BCUT2D eigenvalue weighted by molar-refractivity contribution is 6.33. The number of carbonyl (C=O) groups is 1. The van der Waals surface area contributed by atoms with E-state index in [4.69, 9.17) is 11.6 Å². The molecule has 2 N–H and O–H groups in total. The Morgan fingerprint density at radius 3 is 3.00 bits per heavy atom. The monoisotopic (exact) mass is 364 g/mol. The summed E-state index contributed by atoms with van der Waals surface area (Å²) in [4.78, 5) is 22.2. The number of amides is 1. The molecule has 0 fully saturated rings. The highest BCUT2D eigenvalue weighted by atomic mass is 35.5. The van der Waals surface area contributed by atoms with E-state index in [0.29, 0.717) is 5.56 Å². The topological polar surface area (TPSA) is 119 Å². The number of anilines is 1. The fourth-order valence-corrected chi connectivity index (χ4v) is 2.34. The molecule has 1 aromatic carbocycles. The van der Waals surface area contributed by atoms with Crippen LogP contribution in [0.25, 0.3) is 0 Å². The van der Waals surface area contributed by atoms with Gasteiger partial charge in [0.1, 0.15) is 17.0 Å². The van der Waals surface area contributed by atoms with E-state index in [1.165, 1.54) is 23.0 Å². The summed E-state index contributed by atoms with van der Waals surface area (Å²) >= 11 is 6.02. The number of halogens is 2. The van der Waals surface area contributed by atoms with E-state index < -0.39 is 16.5 Å². The Morgan fingerprint density at radius 1 is 1.48 bits per heavy atom. The summed E-state index contributed by atoms with van der Waals surface area (Å²) in [7, 11) is 0. The zero-order valence-corrected chi connectivity index (χ0v) is 13.2. The summed E-state index contributed by atoms with van der Waals surface area (Å²) in [5.41, 5.74) is -0.130. The van der Waals surface area contributed by atoms with Crippen LogP contribution in [0.5, 0.6) is 0 Å². The summed E-state index contributed by atoms with van der Waals surface area (Å²) in [6.45, 7) is 0.234. The van der Waals surface area contributed by atoms with Crippen LogP contribution in [-0.2, 0) is 6.54 Å². The Labute approximate surface area is 144 Å². The fourth-order valence-electron chi connectivity index (χ4n) is 2.14. The van der Waals surface area contributed by atoms with Gasteiger partial charge in [-0.05, 0) is 17.7 Å². The molecule has 0 radical (unpaired) electrons. The van der Waals surface area contributed by atoms with Crippen LogP contribution in [0.4, 0.5) is 15.9 Å². The predicted molar refractivity (Wildman–Crippen MR) is 85.9 cm³/mol. The van der Waals surface area contributed by atoms with E-state index in [-0.39, 0.29) is 28.9 Å². The van der Waals surface area contributed by atoms with Crippen molar-refractivity contribution in [3.05, 3.63) is 68.9 Å². The SMILES string of the molecule is O=C(Nc1nn(Cc2cccc(F)c2)cc1Cl)c1[nH]ncc1[N+](=O)[O-]. The minimum absolute atomic E-state index is 0.0203. The quantitative estimate of drug-likeness (QED) is 0.532. The first-order valence-corrected chi connectivity index (χ1v) is 7.28. The number of benzene rings is 1. The van der Waals surface area contributed by atoms with Gasteiger partial charge in [-0.15, -0.1) is 0 Å². The second-order valence-electron chi connectivity index (χ2n) is 4.99. The lowest BCUT2D eigenvalue weighted by molar-refractivity contribution is -0.385. The highest BCUT2D eigenvalue weighted by Gasteiger charge is 2.24. The molecule has 1 amide bonds.